The van der Waals surface area contributed by atoms with Gasteiger partial charge in [-0.15, -0.1) is 0 Å². The first kappa shape index (κ1) is 12.2. The molecule has 0 saturated carbocycles. The Morgan fingerprint density at radius 2 is 2.00 bits per heavy atom. The highest BCUT2D eigenvalue weighted by atomic mass is 79.9. The molecule has 0 saturated heterocycles. The minimum atomic E-state index is 0.681. The molecule has 0 unspecified atom stereocenters. The van der Waals surface area contributed by atoms with Gasteiger partial charge in [0.2, 0.25) is 0 Å². The van der Waals surface area contributed by atoms with Crippen LogP contribution in [0.2, 0.25) is 0 Å². The van der Waals surface area contributed by atoms with Crippen molar-refractivity contribution in [3.05, 3.63) is 53.3 Å². The predicted octanol–water partition coefficient (Wildman–Crippen LogP) is 4.16. The SMILES string of the molecule is CCOc1ccc(-c2cn3cccc(Br)c3n2)cc1. The summed E-state index contributed by atoms with van der Waals surface area (Å²) in [6, 6.07) is 12.0. The molecule has 0 fully saturated rings. The van der Waals surface area contributed by atoms with Gasteiger partial charge >= 0.3 is 0 Å². The Morgan fingerprint density at radius 3 is 2.68 bits per heavy atom. The van der Waals surface area contributed by atoms with E-state index in [9.17, 15) is 0 Å². The maximum atomic E-state index is 5.44. The Bertz CT molecular complexity index is 704. The number of pyridine rings is 1. The van der Waals surface area contributed by atoms with Gasteiger partial charge in [-0.3, -0.25) is 0 Å². The van der Waals surface area contributed by atoms with Gasteiger partial charge in [0.05, 0.1) is 16.8 Å². The second-order valence-corrected chi connectivity index (χ2v) is 5.02. The van der Waals surface area contributed by atoms with E-state index in [4.69, 9.17) is 4.74 Å². The number of imidazole rings is 1. The van der Waals surface area contributed by atoms with Crippen LogP contribution in [-0.4, -0.2) is 16.0 Å². The van der Waals surface area contributed by atoms with Crippen molar-refractivity contribution in [2.45, 2.75) is 6.92 Å². The molecule has 0 aliphatic heterocycles. The van der Waals surface area contributed by atoms with Crippen molar-refractivity contribution in [1.82, 2.24) is 9.38 Å². The molecule has 0 radical (unpaired) electrons. The predicted molar refractivity (Wildman–Crippen MR) is 79.5 cm³/mol. The van der Waals surface area contributed by atoms with E-state index < -0.39 is 0 Å². The number of aromatic nitrogens is 2. The summed E-state index contributed by atoms with van der Waals surface area (Å²) < 4.78 is 8.44. The molecule has 4 heteroatoms. The zero-order chi connectivity index (χ0) is 13.2. The van der Waals surface area contributed by atoms with Crippen LogP contribution in [-0.2, 0) is 0 Å². The summed E-state index contributed by atoms with van der Waals surface area (Å²) in [4.78, 5) is 4.63. The van der Waals surface area contributed by atoms with Crippen LogP contribution in [0, 0.1) is 0 Å². The number of nitrogens with zero attached hydrogens (tertiary/aromatic N) is 2. The lowest BCUT2D eigenvalue weighted by Crippen LogP contribution is -1.90. The lowest BCUT2D eigenvalue weighted by atomic mass is 10.2. The molecule has 0 spiro atoms. The fourth-order valence-electron chi connectivity index (χ4n) is 2.01. The van der Waals surface area contributed by atoms with Crippen LogP contribution in [0.1, 0.15) is 6.92 Å². The minimum Gasteiger partial charge on any atom is -0.494 e. The molecule has 0 bridgehead atoms. The first-order valence-electron chi connectivity index (χ1n) is 6.14. The van der Waals surface area contributed by atoms with E-state index in [0.29, 0.717) is 6.61 Å². The van der Waals surface area contributed by atoms with Gasteiger partial charge in [0.25, 0.3) is 0 Å². The Hall–Kier alpha value is -1.81. The zero-order valence-electron chi connectivity index (χ0n) is 10.5. The molecule has 0 aliphatic rings. The number of benzene rings is 1. The van der Waals surface area contributed by atoms with E-state index in [1.807, 2.05) is 60.1 Å². The summed E-state index contributed by atoms with van der Waals surface area (Å²) in [6.45, 7) is 2.66. The van der Waals surface area contributed by atoms with Crippen molar-refractivity contribution < 1.29 is 4.74 Å². The van der Waals surface area contributed by atoms with Crippen LogP contribution in [0.5, 0.6) is 5.75 Å². The molecule has 2 heterocycles. The monoisotopic (exact) mass is 316 g/mol. The number of halogens is 1. The van der Waals surface area contributed by atoms with Gasteiger partial charge in [0, 0.05) is 18.0 Å². The van der Waals surface area contributed by atoms with Crippen LogP contribution in [0.4, 0.5) is 0 Å². The summed E-state index contributed by atoms with van der Waals surface area (Å²) in [6.07, 6.45) is 4.01. The van der Waals surface area contributed by atoms with Gasteiger partial charge in [0.15, 0.2) is 5.65 Å². The molecule has 96 valence electrons. The highest BCUT2D eigenvalue weighted by Crippen LogP contribution is 2.24. The van der Waals surface area contributed by atoms with Crippen molar-refractivity contribution in [3.8, 4) is 17.0 Å². The number of rotatable bonds is 3. The molecule has 0 atom stereocenters. The smallest absolute Gasteiger partial charge is 0.151 e. The van der Waals surface area contributed by atoms with E-state index in [1.165, 1.54) is 0 Å². The maximum Gasteiger partial charge on any atom is 0.151 e. The van der Waals surface area contributed by atoms with E-state index in [1.54, 1.807) is 0 Å². The average Bonchev–Trinajstić information content (AvgIpc) is 2.85. The lowest BCUT2D eigenvalue weighted by Gasteiger charge is -2.02. The van der Waals surface area contributed by atoms with Crippen molar-refractivity contribution in [2.75, 3.05) is 6.61 Å². The zero-order valence-corrected chi connectivity index (χ0v) is 12.1. The Kier molecular flexibility index (Phi) is 3.25. The molecule has 0 N–H and O–H groups in total. The van der Waals surface area contributed by atoms with Gasteiger partial charge in [-0.05, 0) is 59.3 Å². The lowest BCUT2D eigenvalue weighted by molar-refractivity contribution is 0.340. The Labute approximate surface area is 120 Å². The highest BCUT2D eigenvalue weighted by Gasteiger charge is 2.06. The Balaban J connectivity index is 2.01. The van der Waals surface area contributed by atoms with Gasteiger partial charge in [-0.1, -0.05) is 0 Å². The minimum absolute atomic E-state index is 0.681. The van der Waals surface area contributed by atoms with E-state index in [0.717, 1.165) is 27.1 Å². The molecule has 1 aromatic carbocycles. The van der Waals surface area contributed by atoms with E-state index >= 15 is 0 Å². The van der Waals surface area contributed by atoms with Crippen molar-refractivity contribution in [2.24, 2.45) is 0 Å². The topological polar surface area (TPSA) is 26.5 Å². The summed E-state index contributed by atoms with van der Waals surface area (Å²) in [7, 11) is 0. The molecule has 0 aliphatic carbocycles. The molecule has 0 amide bonds. The van der Waals surface area contributed by atoms with E-state index in [-0.39, 0.29) is 0 Å². The highest BCUT2D eigenvalue weighted by molar-refractivity contribution is 9.10. The number of hydrogen-bond donors (Lipinski definition) is 0. The third kappa shape index (κ3) is 2.36. The van der Waals surface area contributed by atoms with Crippen molar-refractivity contribution >= 4 is 21.6 Å². The maximum absolute atomic E-state index is 5.44. The summed E-state index contributed by atoms with van der Waals surface area (Å²) in [5.74, 6) is 0.885. The largest absolute Gasteiger partial charge is 0.494 e. The molecular weight excluding hydrogens is 304 g/mol. The third-order valence-corrected chi connectivity index (χ3v) is 3.52. The fourth-order valence-corrected chi connectivity index (χ4v) is 2.45. The molecule has 3 nitrogen and oxygen atoms in total. The Morgan fingerprint density at radius 1 is 1.21 bits per heavy atom. The number of ether oxygens (including phenoxy) is 1. The van der Waals surface area contributed by atoms with Crippen LogP contribution in [0.15, 0.2) is 53.3 Å². The molecule has 2 aromatic heterocycles. The summed E-state index contributed by atoms with van der Waals surface area (Å²) in [5, 5.41) is 0. The van der Waals surface area contributed by atoms with Crippen molar-refractivity contribution in [1.29, 1.82) is 0 Å². The van der Waals surface area contributed by atoms with E-state index in [2.05, 4.69) is 20.9 Å². The van der Waals surface area contributed by atoms with Crippen molar-refractivity contribution in [3.63, 3.8) is 0 Å². The summed E-state index contributed by atoms with van der Waals surface area (Å²) >= 11 is 3.51. The standard InChI is InChI=1S/C15H13BrN2O/c1-2-19-12-7-5-11(6-8-12)14-10-18-9-3-4-13(16)15(18)17-14/h3-10H,2H2,1H3. The second-order valence-electron chi connectivity index (χ2n) is 4.17. The van der Waals surface area contributed by atoms with Gasteiger partial charge in [-0.2, -0.15) is 0 Å². The van der Waals surface area contributed by atoms with Gasteiger partial charge in [-0.25, -0.2) is 4.98 Å². The average molecular weight is 317 g/mol. The normalized spacial score (nSPS) is 10.8. The third-order valence-electron chi connectivity index (χ3n) is 2.90. The first-order chi connectivity index (χ1) is 9.28. The van der Waals surface area contributed by atoms with Gasteiger partial charge < -0.3 is 9.14 Å². The molecule has 3 rings (SSSR count). The molecular formula is C15H13BrN2O. The second kappa shape index (κ2) is 5.05. The number of fused-ring (bicyclic) bond motifs is 1. The fraction of sp³-hybridized carbons (Fsp3) is 0.133. The molecule has 19 heavy (non-hydrogen) atoms. The van der Waals surface area contributed by atoms with Gasteiger partial charge in [0.1, 0.15) is 5.75 Å². The van der Waals surface area contributed by atoms with Crippen LogP contribution in [0.3, 0.4) is 0 Å². The molecule has 3 aromatic rings. The summed E-state index contributed by atoms with van der Waals surface area (Å²) in [5.41, 5.74) is 2.96. The number of hydrogen-bond acceptors (Lipinski definition) is 2. The first-order valence-corrected chi connectivity index (χ1v) is 6.93. The quantitative estimate of drug-likeness (QED) is 0.725. The van der Waals surface area contributed by atoms with Crippen LogP contribution < -0.4 is 4.74 Å². The van der Waals surface area contributed by atoms with Crippen LogP contribution in [0.25, 0.3) is 16.9 Å². The van der Waals surface area contributed by atoms with Crippen LogP contribution >= 0.6 is 15.9 Å².